The van der Waals surface area contributed by atoms with Crippen molar-refractivity contribution in [2.24, 2.45) is 0 Å². The first-order valence-corrected chi connectivity index (χ1v) is 6.67. The molecule has 0 unspecified atom stereocenters. The Morgan fingerprint density at radius 3 is 2.25 bits per heavy atom. The highest BCUT2D eigenvalue weighted by atomic mass is 16.6. The summed E-state index contributed by atoms with van der Waals surface area (Å²) in [7, 11) is 0. The van der Waals surface area contributed by atoms with Crippen molar-refractivity contribution in [3.8, 4) is 0 Å². The third-order valence-corrected chi connectivity index (χ3v) is 3.14. The molecule has 0 fully saturated rings. The van der Waals surface area contributed by atoms with Crippen LogP contribution in [0.2, 0.25) is 0 Å². The fourth-order valence-corrected chi connectivity index (χ4v) is 2.00. The smallest absolute Gasteiger partial charge is 0.286 e. The molecule has 2 aromatic rings. The number of nitro groups is 2. The molecule has 0 aliphatic rings. The first-order valence-electron chi connectivity index (χ1n) is 6.67. The van der Waals surface area contributed by atoms with Crippen LogP contribution < -0.4 is 10.9 Å². The van der Waals surface area contributed by atoms with Gasteiger partial charge in [0.2, 0.25) is 5.91 Å². The Hall–Kier alpha value is -3.56. The molecular weight excluding hydrogens is 320 g/mol. The number of carbonyl (C=O) groups is 1. The first kappa shape index (κ1) is 16.8. The van der Waals surface area contributed by atoms with Crippen molar-refractivity contribution in [2.75, 3.05) is 5.32 Å². The van der Waals surface area contributed by atoms with Gasteiger partial charge in [-0.1, -0.05) is 0 Å². The van der Waals surface area contributed by atoms with Gasteiger partial charge in [-0.15, -0.1) is 0 Å². The Balaban J connectivity index is 2.16. The average Bonchev–Trinajstić information content (AvgIpc) is 2.51. The van der Waals surface area contributed by atoms with E-state index in [0.29, 0.717) is 5.69 Å². The number of anilines is 1. The van der Waals surface area contributed by atoms with Crippen LogP contribution in [0.15, 0.2) is 41.3 Å². The zero-order valence-corrected chi connectivity index (χ0v) is 12.5. The highest BCUT2D eigenvalue weighted by Gasteiger charge is 2.14. The van der Waals surface area contributed by atoms with Gasteiger partial charge in [0, 0.05) is 29.4 Å². The molecule has 1 aromatic heterocycles. The molecule has 124 valence electrons. The molecule has 10 heteroatoms. The summed E-state index contributed by atoms with van der Waals surface area (Å²) in [5.41, 5.74) is -0.485. The third-order valence-electron chi connectivity index (χ3n) is 3.14. The summed E-state index contributed by atoms with van der Waals surface area (Å²) in [5, 5.41) is 23.8. The molecule has 1 amide bonds. The fourth-order valence-electron chi connectivity index (χ4n) is 2.00. The Kier molecular flexibility index (Phi) is 4.68. The number of carbonyl (C=O) groups excluding carboxylic acids is 1. The van der Waals surface area contributed by atoms with Crippen LogP contribution in [0.25, 0.3) is 0 Å². The summed E-state index contributed by atoms with van der Waals surface area (Å²) in [4.78, 5) is 44.1. The van der Waals surface area contributed by atoms with Crippen molar-refractivity contribution in [1.29, 1.82) is 0 Å². The van der Waals surface area contributed by atoms with Crippen molar-refractivity contribution in [2.45, 2.75) is 13.5 Å². The highest BCUT2D eigenvalue weighted by Crippen LogP contribution is 2.15. The molecule has 0 saturated heterocycles. The summed E-state index contributed by atoms with van der Waals surface area (Å²) in [6.07, 6.45) is 0.991. The molecule has 0 aliphatic carbocycles. The minimum Gasteiger partial charge on any atom is -0.325 e. The van der Waals surface area contributed by atoms with Crippen molar-refractivity contribution in [3.63, 3.8) is 0 Å². The summed E-state index contributed by atoms with van der Waals surface area (Å²) >= 11 is 0. The first-order chi connectivity index (χ1) is 11.3. The zero-order valence-electron chi connectivity index (χ0n) is 12.5. The number of aryl methyl sites for hydroxylation is 1. The number of pyridine rings is 1. The molecule has 0 saturated carbocycles. The molecule has 24 heavy (non-hydrogen) atoms. The second kappa shape index (κ2) is 6.69. The molecule has 1 heterocycles. The van der Waals surface area contributed by atoms with Gasteiger partial charge < -0.3 is 5.32 Å². The SMILES string of the molecule is Cc1cc([N+](=O)[O-])cn(CC(=O)Nc2ccc([N+](=O)[O-])cc2)c1=O. The normalized spacial score (nSPS) is 10.2. The quantitative estimate of drug-likeness (QED) is 0.652. The van der Waals surface area contributed by atoms with E-state index in [4.69, 9.17) is 0 Å². The van der Waals surface area contributed by atoms with Crippen LogP contribution in [0.3, 0.4) is 0 Å². The van der Waals surface area contributed by atoms with Crippen molar-refractivity contribution < 1.29 is 14.6 Å². The van der Waals surface area contributed by atoms with Crippen LogP contribution in [-0.2, 0) is 11.3 Å². The average molecular weight is 332 g/mol. The Labute approximate surface area is 134 Å². The Morgan fingerprint density at radius 2 is 1.71 bits per heavy atom. The van der Waals surface area contributed by atoms with Crippen molar-refractivity contribution >= 4 is 23.0 Å². The molecule has 1 N–H and O–H groups in total. The maximum Gasteiger partial charge on any atom is 0.286 e. The molecule has 0 aliphatic heterocycles. The lowest BCUT2D eigenvalue weighted by Gasteiger charge is -2.08. The summed E-state index contributed by atoms with van der Waals surface area (Å²) in [5.74, 6) is -0.592. The molecule has 10 nitrogen and oxygen atoms in total. The van der Waals surface area contributed by atoms with E-state index in [2.05, 4.69) is 5.32 Å². The predicted molar refractivity (Wildman–Crippen MR) is 83.8 cm³/mol. The number of nitro benzene ring substituents is 1. The maximum absolute atomic E-state index is 12.0. The van der Waals surface area contributed by atoms with E-state index in [1.807, 2.05) is 0 Å². The number of nitrogens with one attached hydrogen (secondary N) is 1. The highest BCUT2D eigenvalue weighted by molar-refractivity contribution is 5.90. The van der Waals surface area contributed by atoms with Gasteiger partial charge >= 0.3 is 0 Å². The van der Waals surface area contributed by atoms with E-state index < -0.39 is 27.9 Å². The number of nitrogens with zero attached hydrogens (tertiary/aromatic N) is 3. The molecule has 0 atom stereocenters. The van der Waals surface area contributed by atoms with Crippen LogP contribution in [0.1, 0.15) is 5.56 Å². The standard InChI is InChI=1S/C14H12N4O6/c1-9-6-12(18(23)24)7-16(14(9)20)8-13(19)15-10-2-4-11(5-3-10)17(21)22/h2-7H,8H2,1H3,(H,15,19). The van der Waals surface area contributed by atoms with Crippen LogP contribution in [-0.4, -0.2) is 20.3 Å². The lowest BCUT2D eigenvalue weighted by molar-refractivity contribution is -0.385. The summed E-state index contributed by atoms with van der Waals surface area (Å²) in [6, 6.07) is 6.26. The molecule has 2 rings (SSSR count). The number of hydrogen-bond acceptors (Lipinski definition) is 6. The van der Waals surface area contributed by atoms with Gasteiger partial charge in [-0.25, -0.2) is 0 Å². The largest absolute Gasteiger partial charge is 0.325 e. The number of hydrogen-bond donors (Lipinski definition) is 1. The van der Waals surface area contributed by atoms with E-state index in [1.165, 1.54) is 31.2 Å². The maximum atomic E-state index is 12.0. The van der Waals surface area contributed by atoms with Gasteiger partial charge in [0.05, 0.1) is 16.0 Å². The topological polar surface area (TPSA) is 137 Å². The van der Waals surface area contributed by atoms with E-state index in [9.17, 15) is 29.8 Å². The number of rotatable bonds is 5. The zero-order chi connectivity index (χ0) is 17.9. The van der Waals surface area contributed by atoms with E-state index in [1.54, 1.807) is 0 Å². The number of non-ortho nitro benzene ring substituents is 1. The summed E-state index contributed by atoms with van der Waals surface area (Å²) in [6.45, 7) is 0.998. The fraction of sp³-hybridized carbons (Fsp3) is 0.143. The van der Waals surface area contributed by atoms with Gasteiger partial charge in [0.25, 0.3) is 16.9 Å². The third kappa shape index (κ3) is 3.80. The number of aromatic nitrogens is 1. The minimum absolute atomic E-state index is 0.126. The molecular formula is C14H12N4O6. The second-order valence-corrected chi connectivity index (χ2v) is 4.92. The van der Waals surface area contributed by atoms with Gasteiger partial charge in [0.1, 0.15) is 6.54 Å². The van der Waals surface area contributed by atoms with Crippen LogP contribution in [0, 0.1) is 27.2 Å². The second-order valence-electron chi connectivity index (χ2n) is 4.92. The number of benzene rings is 1. The van der Waals surface area contributed by atoms with Crippen LogP contribution in [0.5, 0.6) is 0 Å². The molecule has 0 bridgehead atoms. The van der Waals surface area contributed by atoms with Gasteiger partial charge in [-0.2, -0.15) is 0 Å². The Morgan fingerprint density at radius 1 is 1.12 bits per heavy atom. The molecule has 0 radical (unpaired) electrons. The van der Waals surface area contributed by atoms with Crippen LogP contribution >= 0.6 is 0 Å². The van der Waals surface area contributed by atoms with Crippen LogP contribution in [0.4, 0.5) is 17.1 Å². The molecule has 0 spiro atoms. The van der Waals surface area contributed by atoms with Crippen molar-refractivity contribution in [1.82, 2.24) is 4.57 Å². The van der Waals surface area contributed by atoms with E-state index >= 15 is 0 Å². The predicted octanol–water partition coefficient (Wildman–Crippen LogP) is 1.61. The van der Waals surface area contributed by atoms with Gasteiger partial charge in [-0.05, 0) is 19.1 Å². The lowest BCUT2D eigenvalue weighted by Crippen LogP contribution is -2.28. The van der Waals surface area contributed by atoms with Crippen molar-refractivity contribution in [3.05, 3.63) is 72.7 Å². The minimum atomic E-state index is -0.656. The Bertz CT molecular complexity index is 872. The van der Waals surface area contributed by atoms with Gasteiger partial charge in [0.15, 0.2) is 0 Å². The lowest BCUT2D eigenvalue weighted by atomic mass is 10.2. The monoisotopic (exact) mass is 332 g/mol. The molecule has 1 aromatic carbocycles. The van der Waals surface area contributed by atoms with Gasteiger partial charge in [-0.3, -0.25) is 34.4 Å². The van der Waals surface area contributed by atoms with E-state index in [0.717, 1.165) is 16.8 Å². The summed E-state index contributed by atoms with van der Waals surface area (Å²) < 4.78 is 0.939. The van der Waals surface area contributed by atoms with E-state index in [-0.39, 0.29) is 16.9 Å². The number of amides is 1.